The lowest BCUT2D eigenvalue weighted by atomic mass is 10.1. The summed E-state index contributed by atoms with van der Waals surface area (Å²) in [7, 11) is 0. The van der Waals surface area contributed by atoms with Crippen LogP contribution in [-0.2, 0) is 0 Å². The van der Waals surface area contributed by atoms with Gasteiger partial charge in [-0.1, -0.05) is 20.3 Å². The van der Waals surface area contributed by atoms with Gasteiger partial charge in [0.25, 0.3) is 0 Å². The van der Waals surface area contributed by atoms with Crippen LogP contribution in [0.5, 0.6) is 0 Å². The molecule has 0 radical (unpaired) electrons. The zero-order valence-corrected chi connectivity index (χ0v) is 10.4. The molecule has 1 N–H and O–H groups in total. The van der Waals surface area contributed by atoms with Crippen LogP contribution in [0.15, 0.2) is 18.2 Å². The molecule has 0 spiro atoms. The third-order valence-electron chi connectivity index (χ3n) is 2.85. The largest absolute Gasteiger partial charge is 0.382 e. The fourth-order valence-corrected chi connectivity index (χ4v) is 1.84. The van der Waals surface area contributed by atoms with Crippen LogP contribution in [0, 0.1) is 18.3 Å². The summed E-state index contributed by atoms with van der Waals surface area (Å²) in [6.45, 7) is 6.45. The molecule has 2 heteroatoms. The molecule has 1 aromatic carbocycles. The molecule has 1 aromatic rings. The Bertz CT molecular complexity index is 377. The molecule has 0 aromatic heterocycles. The highest BCUT2D eigenvalue weighted by atomic mass is 14.9. The molecular formula is C14H20N2. The van der Waals surface area contributed by atoms with Crippen LogP contribution in [-0.4, -0.2) is 6.04 Å². The molecule has 0 amide bonds. The number of benzene rings is 1. The van der Waals surface area contributed by atoms with E-state index in [1.165, 1.54) is 12.8 Å². The molecule has 0 saturated carbocycles. The Morgan fingerprint density at radius 3 is 2.62 bits per heavy atom. The van der Waals surface area contributed by atoms with Gasteiger partial charge in [-0.25, -0.2) is 0 Å². The Morgan fingerprint density at radius 1 is 1.38 bits per heavy atom. The Labute approximate surface area is 98.3 Å². The second-order valence-corrected chi connectivity index (χ2v) is 4.18. The zero-order chi connectivity index (χ0) is 12.0. The SMILES string of the molecule is CCCC(CC)Nc1ccc(C#N)cc1C. The van der Waals surface area contributed by atoms with E-state index in [1.54, 1.807) is 0 Å². The van der Waals surface area contributed by atoms with Gasteiger partial charge in [0.2, 0.25) is 0 Å². The molecule has 16 heavy (non-hydrogen) atoms. The third kappa shape index (κ3) is 3.27. The summed E-state index contributed by atoms with van der Waals surface area (Å²) in [5.74, 6) is 0. The molecule has 0 saturated heterocycles. The molecule has 2 nitrogen and oxygen atoms in total. The van der Waals surface area contributed by atoms with Crippen molar-refractivity contribution in [1.29, 1.82) is 5.26 Å². The van der Waals surface area contributed by atoms with E-state index in [4.69, 9.17) is 5.26 Å². The van der Waals surface area contributed by atoms with E-state index in [0.717, 1.165) is 23.2 Å². The molecule has 86 valence electrons. The van der Waals surface area contributed by atoms with Gasteiger partial charge in [-0.15, -0.1) is 0 Å². The van der Waals surface area contributed by atoms with Gasteiger partial charge in [0.1, 0.15) is 0 Å². The predicted octanol–water partition coefficient (Wildman–Crippen LogP) is 3.86. The Kier molecular flexibility index (Phi) is 4.85. The number of aryl methyl sites for hydroxylation is 1. The summed E-state index contributed by atoms with van der Waals surface area (Å²) in [5.41, 5.74) is 3.03. The van der Waals surface area contributed by atoms with Crippen LogP contribution in [0.1, 0.15) is 44.2 Å². The molecule has 1 atom stereocenters. The van der Waals surface area contributed by atoms with Gasteiger partial charge in [-0.05, 0) is 43.5 Å². The molecule has 0 bridgehead atoms. The minimum absolute atomic E-state index is 0.539. The third-order valence-corrected chi connectivity index (χ3v) is 2.85. The number of anilines is 1. The highest BCUT2D eigenvalue weighted by Gasteiger charge is 2.06. The predicted molar refractivity (Wildman–Crippen MR) is 68.5 cm³/mol. The van der Waals surface area contributed by atoms with Gasteiger partial charge in [0, 0.05) is 11.7 Å². The van der Waals surface area contributed by atoms with E-state index in [9.17, 15) is 0 Å². The monoisotopic (exact) mass is 216 g/mol. The first-order valence-electron chi connectivity index (χ1n) is 5.98. The van der Waals surface area contributed by atoms with Crippen molar-refractivity contribution < 1.29 is 0 Å². The molecular weight excluding hydrogens is 196 g/mol. The molecule has 0 aliphatic heterocycles. The van der Waals surface area contributed by atoms with Gasteiger partial charge < -0.3 is 5.32 Å². The fraction of sp³-hybridized carbons (Fsp3) is 0.500. The van der Waals surface area contributed by atoms with Crippen molar-refractivity contribution in [3.05, 3.63) is 29.3 Å². The minimum atomic E-state index is 0.539. The number of hydrogen-bond acceptors (Lipinski definition) is 2. The second kappa shape index (κ2) is 6.17. The number of hydrogen-bond donors (Lipinski definition) is 1. The maximum Gasteiger partial charge on any atom is 0.0991 e. The molecule has 1 rings (SSSR count). The van der Waals surface area contributed by atoms with Crippen LogP contribution in [0.25, 0.3) is 0 Å². The standard InChI is InChI=1S/C14H20N2/c1-4-6-13(5-2)16-14-8-7-12(10-15)9-11(14)3/h7-9,13,16H,4-6H2,1-3H3. The average Bonchev–Trinajstić information content (AvgIpc) is 2.30. The van der Waals surface area contributed by atoms with Crippen molar-refractivity contribution in [2.75, 3.05) is 5.32 Å². The van der Waals surface area contributed by atoms with Crippen molar-refractivity contribution in [2.45, 2.75) is 46.1 Å². The van der Waals surface area contributed by atoms with E-state index in [1.807, 2.05) is 25.1 Å². The molecule has 0 fully saturated rings. The number of nitrogens with one attached hydrogen (secondary N) is 1. The van der Waals surface area contributed by atoms with Crippen molar-refractivity contribution in [3.8, 4) is 6.07 Å². The minimum Gasteiger partial charge on any atom is -0.382 e. The van der Waals surface area contributed by atoms with Gasteiger partial charge in [0.05, 0.1) is 11.6 Å². The summed E-state index contributed by atoms with van der Waals surface area (Å²) in [6, 6.07) is 8.50. The van der Waals surface area contributed by atoms with E-state index in [-0.39, 0.29) is 0 Å². The lowest BCUT2D eigenvalue weighted by molar-refractivity contribution is 0.622. The molecule has 1 unspecified atom stereocenters. The number of rotatable bonds is 5. The average molecular weight is 216 g/mol. The first-order chi connectivity index (χ1) is 7.71. The summed E-state index contributed by atoms with van der Waals surface area (Å²) in [5, 5.41) is 12.3. The topological polar surface area (TPSA) is 35.8 Å². The zero-order valence-electron chi connectivity index (χ0n) is 10.4. The molecule has 0 aliphatic rings. The van der Waals surface area contributed by atoms with Crippen LogP contribution >= 0.6 is 0 Å². The normalized spacial score (nSPS) is 11.9. The van der Waals surface area contributed by atoms with Crippen molar-refractivity contribution >= 4 is 5.69 Å². The van der Waals surface area contributed by atoms with Crippen LogP contribution in [0.3, 0.4) is 0 Å². The molecule has 0 heterocycles. The van der Waals surface area contributed by atoms with Crippen LogP contribution < -0.4 is 5.32 Å². The van der Waals surface area contributed by atoms with Gasteiger partial charge in [-0.2, -0.15) is 5.26 Å². The first-order valence-corrected chi connectivity index (χ1v) is 5.98. The molecule has 0 aliphatic carbocycles. The van der Waals surface area contributed by atoms with Crippen LogP contribution in [0.4, 0.5) is 5.69 Å². The highest BCUT2D eigenvalue weighted by Crippen LogP contribution is 2.19. The van der Waals surface area contributed by atoms with E-state index in [2.05, 4.69) is 25.2 Å². The van der Waals surface area contributed by atoms with Gasteiger partial charge in [-0.3, -0.25) is 0 Å². The quantitative estimate of drug-likeness (QED) is 0.811. The fourth-order valence-electron chi connectivity index (χ4n) is 1.84. The maximum absolute atomic E-state index is 8.79. The lowest BCUT2D eigenvalue weighted by Gasteiger charge is -2.19. The Hall–Kier alpha value is -1.49. The van der Waals surface area contributed by atoms with Crippen molar-refractivity contribution in [3.63, 3.8) is 0 Å². The Balaban J connectivity index is 2.77. The van der Waals surface area contributed by atoms with Crippen molar-refractivity contribution in [2.24, 2.45) is 0 Å². The maximum atomic E-state index is 8.79. The van der Waals surface area contributed by atoms with E-state index >= 15 is 0 Å². The van der Waals surface area contributed by atoms with Crippen molar-refractivity contribution in [1.82, 2.24) is 0 Å². The lowest BCUT2D eigenvalue weighted by Crippen LogP contribution is -2.18. The summed E-state index contributed by atoms with van der Waals surface area (Å²) in [4.78, 5) is 0. The van der Waals surface area contributed by atoms with E-state index < -0.39 is 0 Å². The summed E-state index contributed by atoms with van der Waals surface area (Å²) in [6.07, 6.45) is 3.52. The number of nitrogens with zero attached hydrogens (tertiary/aromatic N) is 1. The van der Waals surface area contributed by atoms with Gasteiger partial charge in [0.15, 0.2) is 0 Å². The summed E-state index contributed by atoms with van der Waals surface area (Å²) >= 11 is 0. The van der Waals surface area contributed by atoms with Gasteiger partial charge >= 0.3 is 0 Å². The Morgan fingerprint density at radius 2 is 2.12 bits per heavy atom. The smallest absolute Gasteiger partial charge is 0.0991 e. The highest BCUT2D eigenvalue weighted by molar-refractivity contribution is 5.54. The second-order valence-electron chi connectivity index (χ2n) is 4.18. The van der Waals surface area contributed by atoms with Crippen LogP contribution in [0.2, 0.25) is 0 Å². The summed E-state index contributed by atoms with van der Waals surface area (Å²) < 4.78 is 0. The first kappa shape index (κ1) is 12.6. The number of nitriles is 1. The van der Waals surface area contributed by atoms with E-state index in [0.29, 0.717) is 6.04 Å².